The van der Waals surface area contributed by atoms with Gasteiger partial charge in [-0.1, -0.05) is 22.9 Å². The summed E-state index contributed by atoms with van der Waals surface area (Å²) in [7, 11) is 0. The lowest BCUT2D eigenvalue weighted by Crippen LogP contribution is -2.47. The predicted octanol–water partition coefficient (Wildman–Crippen LogP) is 1.68. The lowest BCUT2D eigenvalue weighted by Gasteiger charge is -2.28. The van der Waals surface area contributed by atoms with Crippen LogP contribution >= 0.6 is 15.9 Å². The van der Waals surface area contributed by atoms with E-state index in [0.29, 0.717) is 0 Å². The highest BCUT2D eigenvalue weighted by atomic mass is 79.9. The summed E-state index contributed by atoms with van der Waals surface area (Å²) in [5, 5.41) is 2.83. The summed E-state index contributed by atoms with van der Waals surface area (Å²) in [6.45, 7) is 7.49. The number of hydrogen-bond acceptors (Lipinski definition) is 1. The first-order valence-corrected chi connectivity index (χ1v) is 4.20. The fourth-order valence-electron chi connectivity index (χ4n) is 0.553. The monoisotopic (exact) mass is 207 g/mol. The molecule has 0 aliphatic carbocycles. The Morgan fingerprint density at radius 2 is 2.00 bits per heavy atom. The van der Waals surface area contributed by atoms with Gasteiger partial charge in [0.15, 0.2) is 0 Å². The van der Waals surface area contributed by atoms with Crippen LogP contribution in [0, 0.1) is 0 Å². The van der Waals surface area contributed by atoms with Gasteiger partial charge in [0.05, 0.1) is 0 Å². The first kappa shape index (κ1) is 9.95. The van der Waals surface area contributed by atoms with E-state index < -0.39 is 0 Å². The van der Waals surface area contributed by atoms with E-state index in [1.165, 1.54) is 6.92 Å². The second-order valence-electron chi connectivity index (χ2n) is 3.02. The zero-order valence-electron chi connectivity index (χ0n) is 6.86. The Bertz CT molecular complexity index is 132. The molecule has 1 N–H and O–H groups in total. The van der Waals surface area contributed by atoms with Crippen LogP contribution in [0.4, 0.5) is 0 Å². The van der Waals surface area contributed by atoms with Crippen LogP contribution in [0.25, 0.3) is 0 Å². The fraction of sp³-hybridized carbons (Fsp3) is 0.857. The van der Waals surface area contributed by atoms with Crippen molar-refractivity contribution >= 4 is 21.8 Å². The van der Waals surface area contributed by atoms with E-state index in [4.69, 9.17) is 0 Å². The maximum Gasteiger partial charge on any atom is 0.217 e. The van der Waals surface area contributed by atoms with Crippen molar-refractivity contribution in [3.05, 3.63) is 0 Å². The van der Waals surface area contributed by atoms with Gasteiger partial charge in [-0.05, 0) is 13.8 Å². The summed E-state index contributed by atoms with van der Waals surface area (Å²) < 4.78 is 0. The highest BCUT2D eigenvalue weighted by molar-refractivity contribution is 9.09. The Labute approximate surface area is 70.5 Å². The second-order valence-corrected chi connectivity index (χ2v) is 4.39. The third-order valence-corrected chi connectivity index (χ3v) is 2.64. The van der Waals surface area contributed by atoms with Crippen LogP contribution in [0.2, 0.25) is 0 Å². The maximum atomic E-state index is 10.6. The Hall–Kier alpha value is -0.0500. The number of hydrogen-bond donors (Lipinski definition) is 1. The quantitative estimate of drug-likeness (QED) is 0.687. The molecule has 0 aromatic rings. The third-order valence-electron chi connectivity index (χ3n) is 1.49. The van der Waals surface area contributed by atoms with E-state index in [9.17, 15) is 4.79 Å². The summed E-state index contributed by atoms with van der Waals surface area (Å²) in [4.78, 5) is 10.9. The van der Waals surface area contributed by atoms with E-state index in [2.05, 4.69) is 21.2 Å². The van der Waals surface area contributed by atoms with Gasteiger partial charge < -0.3 is 5.32 Å². The number of halogens is 1. The summed E-state index contributed by atoms with van der Waals surface area (Å²) in [5.74, 6) is 0.0105. The van der Waals surface area contributed by atoms with Crippen molar-refractivity contribution in [2.24, 2.45) is 0 Å². The molecule has 0 saturated heterocycles. The normalized spacial score (nSPS) is 14.5. The number of amides is 1. The fourth-order valence-corrected chi connectivity index (χ4v) is 0.668. The van der Waals surface area contributed by atoms with Gasteiger partial charge in [0.25, 0.3) is 0 Å². The van der Waals surface area contributed by atoms with Crippen molar-refractivity contribution in [1.29, 1.82) is 0 Å². The van der Waals surface area contributed by atoms with Crippen LogP contribution in [0.15, 0.2) is 0 Å². The zero-order valence-corrected chi connectivity index (χ0v) is 8.45. The first-order chi connectivity index (χ1) is 4.36. The Morgan fingerprint density at radius 3 is 2.10 bits per heavy atom. The van der Waals surface area contributed by atoms with E-state index in [1.54, 1.807) is 0 Å². The Kier molecular flexibility index (Phi) is 3.36. The largest absolute Gasteiger partial charge is 0.350 e. The van der Waals surface area contributed by atoms with Gasteiger partial charge in [-0.2, -0.15) is 0 Å². The number of alkyl halides is 1. The number of carbonyl (C=O) groups is 1. The van der Waals surface area contributed by atoms with Gasteiger partial charge in [-0.25, -0.2) is 0 Å². The molecule has 0 heterocycles. The molecule has 0 rings (SSSR count). The number of carbonyl (C=O) groups excluding carboxylic acids is 1. The predicted molar refractivity (Wildman–Crippen MR) is 46.3 cm³/mol. The van der Waals surface area contributed by atoms with Crippen molar-refractivity contribution < 1.29 is 4.79 Å². The highest BCUT2D eigenvalue weighted by Gasteiger charge is 2.23. The van der Waals surface area contributed by atoms with Gasteiger partial charge in [0.2, 0.25) is 5.91 Å². The van der Waals surface area contributed by atoms with Crippen LogP contribution in [0.1, 0.15) is 27.7 Å². The van der Waals surface area contributed by atoms with E-state index in [0.717, 1.165) is 0 Å². The van der Waals surface area contributed by atoms with Crippen molar-refractivity contribution in [1.82, 2.24) is 5.32 Å². The van der Waals surface area contributed by atoms with Crippen molar-refractivity contribution in [2.45, 2.75) is 38.1 Å². The molecule has 0 aromatic heterocycles. The van der Waals surface area contributed by atoms with Crippen LogP contribution in [-0.2, 0) is 4.79 Å². The summed E-state index contributed by atoms with van der Waals surface area (Å²) in [6.07, 6.45) is 0. The lowest BCUT2D eigenvalue weighted by atomic mass is 10.0. The number of rotatable bonds is 2. The molecule has 0 aromatic carbocycles. The molecule has 1 unspecified atom stereocenters. The molecule has 0 aliphatic rings. The van der Waals surface area contributed by atoms with Gasteiger partial charge in [0, 0.05) is 17.3 Å². The maximum absolute atomic E-state index is 10.6. The summed E-state index contributed by atoms with van der Waals surface area (Å²) in [6, 6.07) is 0. The average Bonchev–Trinajstić information content (AvgIpc) is 1.60. The average molecular weight is 208 g/mol. The van der Waals surface area contributed by atoms with Crippen molar-refractivity contribution in [3.8, 4) is 0 Å². The van der Waals surface area contributed by atoms with Gasteiger partial charge in [0.1, 0.15) is 0 Å². The van der Waals surface area contributed by atoms with E-state index >= 15 is 0 Å². The zero-order chi connectivity index (χ0) is 8.36. The van der Waals surface area contributed by atoms with E-state index in [-0.39, 0.29) is 16.3 Å². The minimum atomic E-state index is -0.161. The molecular weight excluding hydrogens is 194 g/mol. The third kappa shape index (κ3) is 3.20. The Morgan fingerprint density at radius 1 is 1.60 bits per heavy atom. The molecule has 0 bridgehead atoms. The molecule has 3 heteroatoms. The molecule has 0 saturated carbocycles. The minimum Gasteiger partial charge on any atom is -0.350 e. The smallest absolute Gasteiger partial charge is 0.217 e. The van der Waals surface area contributed by atoms with Crippen LogP contribution < -0.4 is 5.32 Å². The molecule has 0 aliphatic heterocycles. The molecule has 1 atom stereocenters. The topological polar surface area (TPSA) is 29.1 Å². The molecule has 0 spiro atoms. The molecule has 10 heavy (non-hydrogen) atoms. The van der Waals surface area contributed by atoms with Crippen molar-refractivity contribution in [2.75, 3.05) is 0 Å². The van der Waals surface area contributed by atoms with E-state index in [1.807, 2.05) is 20.8 Å². The molecular formula is C7H14BrNO. The molecule has 1 amide bonds. The molecule has 2 nitrogen and oxygen atoms in total. The van der Waals surface area contributed by atoms with Gasteiger partial charge >= 0.3 is 0 Å². The van der Waals surface area contributed by atoms with Crippen LogP contribution in [0.5, 0.6) is 0 Å². The molecule has 60 valence electrons. The van der Waals surface area contributed by atoms with Crippen molar-refractivity contribution in [3.63, 3.8) is 0 Å². The Balaban J connectivity index is 3.99. The SMILES string of the molecule is CC(=O)NC(C)(C)C(C)Br. The van der Waals surface area contributed by atoms with Gasteiger partial charge in [-0.15, -0.1) is 0 Å². The first-order valence-electron chi connectivity index (χ1n) is 3.29. The number of nitrogens with one attached hydrogen (secondary N) is 1. The van der Waals surface area contributed by atoms with Crippen LogP contribution in [-0.4, -0.2) is 16.3 Å². The molecule has 0 radical (unpaired) electrons. The van der Waals surface area contributed by atoms with Gasteiger partial charge in [-0.3, -0.25) is 4.79 Å². The minimum absolute atomic E-state index is 0.0105. The summed E-state index contributed by atoms with van der Waals surface area (Å²) >= 11 is 3.41. The second kappa shape index (κ2) is 3.37. The van der Waals surface area contributed by atoms with Crippen LogP contribution in [0.3, 0.4) is 0 Å². The lowest BCUT2D eigenvalue weighted by molar-refractivity contribution is -0.120. The highest BCUT2D eigenvalue weighted by Crippen LogP contribution is 2.15. The standard InChI is InChI=1S/C7H14BrNO/c1-5(8)7(3,4)9-6(2)10/h5H,1-4H3,(H,9,10). The summed E-state index contributed by atoms with van der Waals surface area (Å²) in [5.41, 5.74) is -0.161. The molecule has 0 fully saturated rings.